The summed E-state index contributed by atoms with van der Waals surface area (Å²) in [6.07, 6.45) is 5.94. The molecule has 5 nitrogen and oxygen atoms in total. The summed E-state index contributed by atoms with van der Waals surface area (Å²) in [4.78, 5) is 16.3. The number of amides is 1. The summed E-state index contributed by atoms with van der Waals surface area (Å²) in [7, 11) is 0. The van der Waals surface area contributed by atoms with Gasteiger partial charge < -0.3 is 5.32 Å². The summed E-state index contributed by atoms with van der Waals surface area (Å²) in [5.41, 5.74) is 3.87. The van der Waals surface area contributed by atoms with E-state index in [1.807, 2.05) is 37.5 Å². The molecule has 0 bridgehead atoms. The number of nitrogens with one attached hydrogen (secondary N) is 1. The Balaban J connectivity index is 1.43. The zero-order valence-electron chi connectivity index (χ0n) is 13.5. The molecule has 2 aromatic heterocycles. The molecule has 0 aliphatic carbocycles. The lowest BCUT2D eigenvalue weighted by Crippen LogP contribution is -2.26. The Labute approximate surface area is 145 Å². The third kappa shape index (κ3) is 4.32. The van der Waals surface area contributed by atoms with Crippen molar-refractivity contribution in [3.8, 4) is 0 Å². The summed E-state index contributed by atoms with van der Waals surface area (Å²) >= 11 is 5.83. The molecule has 0 saturated heterocycles. The van der Waals surface area contributed by atoms with Crippen molar-refractivity contribution in [2.24, 2.45) is 0 Å². The molecule has 0 aliphatic heterocycles. The second-order valence-corrected chi connectivity index (χ2v) is 6.24. The van der Waals surface area contributed by atoms with Crippen molar-refractivity contribution < 1.29 is 4.79 Å². The van der Waals surface area contributed by atoms with Crippen molar-refractivity contribution in [3.05, 3.63) is 64.6 Å². The van der Waals surface area contributed by atoms with Crippen LogP contribution >= 0.6 is 11.6 Å². The van der Waals surface area contributed by atoms with Crippen molar-refractivity contribution in [1.29, 1.82) is 0 Å². The van der Waals surface area contributed by atoms with Crippen LogP contribution in [-0.2, 0) is 17.6 Å². The van der Waals surface area contributed by atoms with Gasteiger partial charge in [0.1, 0.15) is 0 Å². The zero-order chi connectivity index (χ0) is 16.9. The van der Waals surface area contributed by atoms with Gasteiger partial charge in [0.15, 0.2) is 5.65 Å². The second-order valence-electron chi connectivity index (χ2n) is 5.81. The van der Waals surface area contributed by atoms with E-state index in [0.717, 1.165) is 35.3 Å². The molecule has 0 aliphatic rings. The van der Waals surface area contributed by atoms with E-state index in [4.69, 9.17) is 11.6 Å². The fourth-order valence-electron chi connectivity index (χ4n) is 2.53. The zero-order valence-corrected chi connectivity index (χ0v) is 14.3. The third-order valence-electron chi connectivity index (χ3n) is 3.73. The highest BCUT2D eigenvalue weighted by Gasteiger charge is 2.04. The lowest BCUT2D eigenvalue weighted by Gasteiger charge is -2.06. The maximum Gasteiger partial charge on any atom is 0.224 e. The summed E-state index contributed by atoms with van der Waals surface area (Å²) < 4.78 is 1.80. The van der Waals surface area contributed by atoms with Crippen LogP contribution in [0.1, 0.15) is 23.2 Å². The summed E-state index contributed by atoms with van der Waals surface area (Å²) in [5, 5.41) is 7.98. The number of halogens is 1. The predicted octanol–water partition coefficient (Wildman–Crippen LogP) is 2.98. The molecule has 0 radical (unpaired) electrons. The standard InChI is InChI=1S/C18H19ClN4O/c1-13-9-17-21-11-15(12-23(17)22-13)3-2-8-20-18(24)10-14-4-6-16(19)7-5-14/h4-7,9,11-12H,2-3,8,10H2,1H3,(H,20,24). The molecule has 6 heteroatoms. The molecular weight excluding hydrogens is 324 g/mol. The maximum atomic E-state index is 11.9. The van der Waals surface area contributed by atoms with Crippen LogP contribution in [0.5, 0.6) is 0 Å². The van der Waals surface area contributed by atoms with Crippen LogP contribution in [0.4, 0.5) is 0 Å². The van der Waals surface area contributed by atoms with E-state index in [1.54, 1.807) is 16.6 Å². The number of benzene rings is 1. The first-order valence-electron chi connectivity index (χ1n) is 7.92. The minimum Gasteiger partial charge on any atom is -0.356 e. The van der Waals surface area contributed by atoms with Crippen molar-refractivity contribution in [1.82, 2.24) is 19.9 Å². The van der Waals surface area contributed by atoms with E-state index in [-0.39, 0.29) is 5.91 Å². The fourth-order valence-corrected chi connectivity index (χ4v) is 2.66. The van der Waals surface area contributed by atoms with E-state index < -0.39 is 0 Å². The molecule has 0 unspecified atom stereocenters. The predicted molar refractivity (Wildman–Crippen MR) is 94.2 cm³/mol. The van der Waals surface area contributed by atoms with Crippen molar-refractivity contribution in [3.63, 3.8) is 0 Å². The average Bonchev–Trinajstić information content (AvgIpc) is 2.93. The van der Waals surface area contributed by atoms with Gasteiger partial charge in [-0.1, -0.05) is 23.7 Å². The Morgan fingerprint density at radius 1 is 1.25 bits per heavy atom. The van der Waals surface area contributed by atoms with Gasteiger partial charge in [-0.3, -0.25) is 4.79 Å². The summed E-state index contributed by atoms with van der Waals surface area (Å²) in [6.45, 7) is 2.59. The van der Waals surface area contributed by atoms with Gasteiger partial charge in [0.25, 0.3) is 0 Å². The number of nitrogens with zero attached hydrogens (tertiary/aromatic N) is 3. The van der Waals surface area contributed by atoms with Crippen LogP contribution in [0.2, 0.25) is 5.02 Å². The van der Waals surface area contributed by atoms with Gasteiger partial charge in [-0.2, -0.15) is 5.10 Å². The molecule has 124 valence electrons. The number of rotatable bonds is 6. The van der Waals surface area contributed by atoms with Crippen LogP contribution < -0.4 is 5.32 Å². The minimum atomic E-state index is 0.0219. The molecule has 2 heterocycles. The molecule has 0 fully saturated rings. The average molecular weight is 343 g/mol. The van der Waals surface area contributed by atoms with Crippen LogP contribution in [0.25, 0.3) is 5.65 Å². The van der Waals surface area contributed by atoms with Crippen molar-refractivity contribution in [2.45, 2.75) is 26.2 Å². The number of hydrogen-bond donors (Lipinski definition) is 1. The lowest BCUT2D eigenvalue weighted by molar-refractivity contribution is -0.120. The molecule has 24 heavy (non-hydrogen) atoms. The SMILES string of the molecule is Cc1cc2ncc(CCCNC(=O)Cc3ccc(Cl)cc3)cn2n1. The van der Waals surface area contributed by atoms with E-state index in [1.165, 1.54) is 0 Å². The smallest absolute Gasteiger partial charge is 0.224 e. The number of fused-ring (bicyclic) bond motifs is 1. The maximum absolute atomic E-state index is 11.9. The Morgan fingerprint density at radius 2 is 2.04 bits per heavy atom. The van der Waals surface area contributed by atoms with E-state index >= 15 is 0 Å². The van der Waals surface area contributed by atoms with Crippen molar-refractivity contribution >= 4 is 23.2 Å². The van der Waals surface area contributed by atoms with Crippen LogP contribution in [-0.4, -0.2) is 27.0 Å². The van der Waals surface area contributed by atoms with Crippen LogP contribution in [0.3, 0.4) is 0 Å². The number of carbonyl (C=O) groups is 1. The number of carbonyl (C=O) groups excluding carboxylic acids is 1. The first-order chi connectivity index (χ1) is 11.6. The summed E-state index contributed by atoms with van der Waals surface area (Å²) in [5.74, 6) is 0.0219. The number of aryl methyl sites for hydroxylation is 2. The normalized spacial score (nSPS) is 10.9. The van der Waals surface area contributed by atoms with Gasteiger partial charge in [-0.15, -0.1) is 0 Å². The molecule has 0 spiro atoms. The fraction of sp³-hybridized carbons (Fsp3) is 0.278. The molecule has 3 rings (SSSR count). The Hall–Kier alpha value is -2.40. The molecule has 1 N–H and O–H groups in total. The molecule has 1 amide bonds. The molecule has 1 aromatic carbocycles. The van der Waals surface area contributed by atoms with Gasteiger partial charge in [0.05, 0.1) is 12.1 Å². The Bertz CT molecular complexity index is 842. The van der Waals surface area contributed by atoms with Gasteiger partial charge in [-0.25, -0.2) is 9.50 Å². The minimum absolute atomic E-state index is 0.0219. The first kappa shape index (κ1) is 16.5. The van der Waals surface area contributed by atoms with Gasteiger partial charge in [0, 0.05) is 30.0 Å². The molecule has 3 aromatic rings. The number of hydrogen-bond acceptors (Lipinski definition) is 3. The first-order valence-corrected chi connectivity index (χ1v) is 8.30. The number of aromatic nitrogens is 3. The van der Waals surface area contributed by atoms with E-state index in [0.29, 0.717) is 18.0 Å². The lowest BCUT2D eigenvalue weighted by atomic mass is 10.1. The quantitative estimate of drug-likeness (QED) is 0.701. The van der Waals surface area contributed by atoms with E-state index in [9.17, 15) is 4.79 Å². The Morgan fingerprint density at radius 3 is 2.83 bits per heavy atom. The highest BCUT2D eigenvalue weighted by Crippen LogP contribution is 2.10. The van der Waals surface area contributed by atoms with E-state index in [2.05, 4.69) is 15.4 Å². The van der Waals surface area contributed by atoms with Gasteiger partial charge >= 0.3 is 0 Å². The second kappa shape index (κ2) is 7.45. The molecule has 0 saturated carbocycles. The monoisotopic (exact) mass is 342 g/mol. The highest BCUT2D eigenvalue weighted by molar-refractivity contribution is 6.30. The molecular formula is C18H19ClN4O. The topological polar surface area (TPSA) is 59.3 Å². The Kier molecular flexibility index (Phi) is 5.11. The van der Waals surface area contributed by atoms with Crippen LogP contribution in [0.15, 0.2) is 42.7 Å². The van der Waals surface area contributed by atoms with Gasteiger partial charge in [-0.05, 0) is 43.0 Å². The van der Waals surface area contributed by atoms with Crippen molar-refractivity contribution in [2.75, 3.05) is 6.54 Å². The third-order valence-corrected chi connectivity index (χ3v) is 3.98. The molecule has 0 atom stereocenters. The summed E-state index contributed by atoms with van der Waals surface area (Å²) in [6, 6.07) is 9.28. The largest absolute Gasteiger partial charge is 0.356 e. The highest BCUT2D eigenvalue weighted by atomic mass is 35.5. The van der Waals surface area contributed by atoms with Gasteiger partial charge in [0.2, 0.25) is 5.91 Å². The van der Waals surface area contributed by atoms with Crippen LogP contribution in [0, 0.1) is 6.92 Å².